The van der Waals surface area contributed by atoms with Crippen LogP contribution >= 0.6 is 0 Å². The Morgan fingerprint density at radius 2 is 1.76 bits per heavy atom. The molecule has 0 aliphatic heterocycles. The third-order valence-corrected chi connectivity index (χ3v) is 3.39. The summed E-state index contributed by atoms with van der Waals surface area (Å²) >= 11 is 0. The first kappa shape index (κ1) is 20.6. The Balaban J connectivity index is 2.82. The molecule has 0 heterocycles. The van der Waals surface area contributed by atoms with Gasteiger partial charge in [0, 0.05) is 6.42 Å². The van der Waals surface area contributed by atoms with E-state index in [4.69, 9.17) is 0 Å². The molecule has 0 saturated carbocycles. The predicted octanol–water partition coefficient (Wildman–Crippen LogP) is 1.77. The van der Waals surface area contributed by atoms with Crippen molar-refractivity contribution in [3.05, 3.63) is 35.4 Å². The summed E-state index contributed by atoms with van der Waals surface area (Å²) in [4.78, 5) is 34.7. The number of amides is 1. The highest BCUT2D eigenvalue weighted by Gasteiger charge is 2.31. The average Bonchev–Trinajstić information content (AvgIpc) is 2.56. The second-order valence-corrected chi connectivity index (χ2v) is 5.35. The topological polar surface area (TPSA) is 92.7 Å². The highest BCUT2D eigenvalue weighted by molar-refractivity contribution is 5.88. The Labute approximate surface area is 142 Å². The fourth-order valence-electron chi connectivity index (χ4n) is 2.00. The number of carbonyl (C=O) groups is 3. The van der Waals surface area contributed by atoms with Crippen LogP contribution in [0.15, 0.2) is 24.3 Å². The zero-order chi connectivity index (χ0) is 19.2. The maximum atomic E-state index is 12.5. The van der Waals surface area contributed by atoms with Gasteiger partial charge < -0.3 is 20.0 Å². The minimum absolute atomic E-state index is 0.0103. The molecule has 0 aromatic heterocycles. The van der Waals surface area contributed by atoms with E-state index < -0.39 is 35.8 Å². The van der Waals surface area contributed by atoms with Crippen molar-refractivity contribution in [1.29, 1.82) is 0 Å². The number of Topliss-reactive ketones (excluding diaryl/α,β-unsaturated/α-hetero) is 1. The van der Waals surface area contributed by atoms with Crippen LogP contribution in [-0.2, 0) is 25.3 Å². The van der Waals surface area contributed by atoms with Crippen LogP contribution in [-0.4, -0.2) is 35.9 Å². The molecule has 6 nitrogen and oxygen atoms in total. The van der Waals surface area contributed by atoms with E-state index >= 15 is 0 Å². The molecule has 1 aromatic rings. The van der Waals surface area contributed by atoms with Gasteiger partial charge in [0.15, 0.2) is 6.10 Å². The first-order valence-corrected chi connectivity index (χ1v) is 7.29. The SMILES string of the molecule is COC(=O)[C@H](CCC(C)=O)NC(=O)[C@H](O)c1ccc(C(F)(F)F)cc1. The summed E-state index contributed by atoms with van der Waals surface area (Å²) < 4.78 is 42.0. The van der Waals surface area contributed by atoms with Crippen molar-refractivity contribution in [2.75, 3.05) is 7.11 Å². The predicted molar refractivity (Wildman–Crippen MR) is 80.3 cm³/mol. The zero-order valence-electron chi connectivity index (χ0n) is 13.6. The lowest BCUT2D eigenvalue weighted by Crippen LogP contribution is -2.43. The van der Waals surface area contributed by atoms with Gasteiger partial charge in [0.25, 0.3) is 5.91 Å². The van der Waals surface area contributed by atoms with Crippen molar-refractivity contribution in [2.45, 2.75) is 38.1 Å². The summed E-state index contributed by atoms with van der Waals surface area (Å²) in [7, 11) is 1.10. The number of benzene rings is 1. The van der Waals surface area contributed by atoms with Gasteiger partial charge in [-0.15, -0.1) is 0 Å². The van der Waals surface area contributed by atoms with Crippen LogP contribution in [0, 0.1) is 0 Å². The van der Waals surface area contributed by atoms with Gasteiger partial charge in [-0.1, -0.05) is 12.1 Å². The van der Waals surface area contributed by atoms with Gasteiger partial charge >= 0.3 is 12.1 Å². The largest absolute Gasteiger partial charge is 0.467 e. The molecule has 0 saturated heterocycles. The maximum Gasteiger partial charge on any atom is 0.416 e. The number of carbonyl (C=O) groups excluding carboxylic acids is 3. The van der Waals surface area contributed by atoms with E-state index in [9.17, 15) is 32.7 Å². The van der Waals surface area contributed by atoms with E-state index in [0.717, 1.165) is 31.4 Å². The number of esters is 1. The third kappa shape index (κ3) is 6.18. The molecule has 1 aromatic carbocycles. The number of aliphatic hydroxyl groups excluding tert-OH is 1. The van der Waals surface area contributed by atoms with Crippen LogP contribution in [0.3, 0.4) is 0 Å². The lowest BCUT2D eigenvalue weighted by molar-refractivity contribution is -0.146. The number of ether oxygens (including phenoxy) is 1. The second-order valence-electron chi connectivity index (χ2n) is 5.35. The number of rotatable bonds is 7. The molecule has 0 bridgehead atoms. The maximum absolute atomic E-state index is 12.5. The highest BCUT2D eigenvalue weighted by atomic mass is 19.4. The standard InChI is InChI=1S/C16H18F3NO5/c1-9(21)3-8-12(15(24)25-2)20-14(23)13(22)10-4-6-11(7-5-10)16(17,18)19/h4-7,12-13,22H,3,8H2,1-2H3,(H,20,23)/t12-,13+/m0/s1. The molecule has 0 radical (unpaired) electrons. The van der Waals surface area contributed by atoms with Gasteiger partial charge in [0.2, 0.25) is 0 Å². The van der Waals surface area contributed by atoms with Crippen molar-refractivity contribution in [3.63, 3.8) is 0 Å². The molecule has 0 spiro atoms. The number of ketones is 1. The Bertz CT molecular complexity index is 628. The van der Waals surface area contributed by atoms with Crippen molar-refractivity contribution in [3.8, 4) is 0 Å². The highest BCUT2D eigenvalue weighted by Crippen LogP contribution is 2.30. The molecule has 2 atom stereocenters. The third-order valence-electron chi connectivity index (χ3n) is 3.39. The summed E-state index contributed by atoms with van der Waals surface area (Å²) in [6.45, 7) is 1.31. The Hall–Kier alpha value is -2.42. The van der Waals surface area contributed by atoms with E-state index in [1.165, 1.54) is 6.92 Å². The van der Waals surface area contributed by atoms with E-state index in [-0.39, 0.29) is 24.2 Å². The van der Waals surface area contributed by atoms with Gasteiger partial charge in [-0.3, -0.25) is 4.79 Å². The normalized spacial score (nSPS) is 13.7. The lowest BCUT2D eigenvalue weighted by atomic mass is 10.0. The van der Waals surface area contributed by atoms with E-state index in [0.29, 0.717) is 0 Å². The van der Waals surface area contributed by atoms with Crippen molar-refractivity contribution in [1.82, 2.24) is 5.32 Å². The molecule has 138 valence electrons. The fourth-order valence-corrected chi connectivity index (χ4v) is 2.00. The Morgan fingerprint density at radius 3 is 2.20 bits per heavy atom. The summed E-state index contributed by atoms with van der Waals surface area (Å²) in [5.41, 5.74) is -0.988. The van der Waals surface area contributed by atoms with Crippen LogP contribution in [0.4, 0.5) is 13.2 Å². The number of hydrogen-bond acceptors (Lipinski definition) is 5. The first-order chi connectivity index (χ1) is 11.6. The van der Waals surface area contributed by atoms with Gasteiger partial charge in [-0.25, -0.2) is 4.79 Å². The van der Waals surface area contributed by atoms with Crippen molar-refractivity contribution in [2.24, 2.45) is 0 Å². The monoisotopic (exact) mass is 361 g/mol. The molecule has 0 fully saturated rings. The number of alkyl halides is 3. The summed E-state index contributed by atoms with van der Waals surface area (Å²) in [5.74, 6) is -1.99. The van der Waals surface area contributed by atoms with E-state index in [1.807, 2.05) is 0 Å². The van der Waals surface area contributed by atoms with Gasteiger partial charge in [0.05, 0.1) is 12.7 Å². The molecule has 25 heavy (non-hydrogen) atoms. The van der Waals surface area contributed by atoms with Crippen LogP contribution in [0.25, 0.3) is 0 Å². The number of nitrogens with one attached hydrogen (secondary N) is 1. The fraction of sp³-hybridized carbons (Fsp3) is 0.438. The lowest BCUT2D eigenvalue weighted by Gasteiger charge is -2.18. The van der Waals surface area contributed by atoms with Gasteiger partial charge in [-0.05, 0) is 31.0 Å². The summed E-state index contributed by atoms with van der Waals surface area (Å²) in [5, 5.41) is 12.2. The second kappa shape index (κ2) is 8.61. The van der Waals surface area contributed by atoms with Crippen LogP contribution in [0.1, 0.15) is 37.0 Å². The number of aliphatic hydroxyl groups is 1. The quantitative estimate of drug-likeness (QED) is 0.722. The van der Waals surface area contributed by atoms with E-state index in [2.05, 4.69) is 10.1 Å². The molecule has 0 aliphatic rings. The van der Waals surface area contributed by atoms with Gasteiger partial charge in [0.1, 0.15) is 11.8 Å². The smallest absolute Gasteiger partial charge is 0.416 e. The van der Waals surface area contributed by atoms with Crippen molar-refractivity contribution >= 4 is 17.7 Å². The van der Waals surface area contributed by atoms with Gasteiger partial charge in [-0.2, -0.15) is 13.2 Å². The molecule has 1 amide bonds. The van der Waals surface area contributed by atoms with E-state index in [1.54, 1.807) is 0 Å². The average molecular weight is 361 g/mol. The van der Waals surface area contributed by atoms with Crippen LogP contribution in [0.5, 0.6) is 0 Å². The minimum atomic E-state index is -4.53. The minimum Gasteiger partial charge on any atom is -0.467 e. The first-order valence-electron chi connectivity index (χ1n) is 7.29. The van der Waals surface area contributed by atoms with Crippen molar-refractivity contribution < 1.29 is 37.4 Å². The number of hydrogen-bond donors (Lipinski definition) is 2. The Kier molecular flexibility index (Phi) is 7.10. The molecular weight excluding hydrogens is 343 g/mol. The molecule has 2 N–H and O–H groups in total. The Morgan fingerprint density at radius 1 is 1.20 bits per heavy atom. The summed E-state index contributed by atoms with van der Waals surface area (Å²) in [6, 6.07) is 2.26. The molecule has 0 aliphatic carbocycles. The van der Waals surface area contributed by atoms with Crippen LogP contribution in [0.2, 0.25) is 0 Å². The molecular formula is C16H18F3NO5. The number of methoxy groups -OCH3 is 1. The molecule has 0 unspecified atom stereocenters. The van der Waals surface area contributed by atoms with Crippen LogP contribution < -0.4 is 5.32 Å². The molecule has 9 heteroatoms. The zero-order valence-corrected chi connectivity index (χ0v) is 13.6. The molecule has 1 rings (SSSR count). The number of halogens is 3. The summed E-state index contributed by atoms with van der Waals surface area (Å²) in [6.07, 6.45) is -6.31.